The van der Waals surface area contributed by atoms with Gasteiger partial charge in [-0.2, -0.15) is 0 Å². The highest BCUT2D eigenvalue weighted by Crippen LogP contribution is 2.44. The zero-order valence-electron chi connectivity index (χ0n) is 28.8. The maximum atomic E-state index is 8.83. The van der Waals surface area contributed by atoms with Crippen molar-refractivity contribution in [2.75, 3.05) is 0 Å². The molecule has 9 aromatic rings. The minimum Gasteiger partial charge on any atom is -0.0622 e. The zero-order valence-corrected chi connectivity index (χ0v) is 23.8. The summed E-state index contributed by atoms with van der Waals surface area (Å²) >= 11 is 0. The smallest absolute Gasteiger partial charge is 0.0622 e. The average Bonchev–Trinajstić information content (AvgIpc) is 3.15. The maximum absolute atomic E-state index is 8.83. The summed E-state index contributed by atoms with van der Waals surface area (Å²) in [7, 11) is 0. The van der Waals surface area contributed by atoms with Gasteiger partial charge in [-0.05, 0) is 93.3 Å². The van der Waals surface area contributed by atoms with Crippen molar-refractivity contribution in [1.29, 1.82) is 0 Å². The summed E-state index contributed by atoms with van der Waals surface area (Å²) in [5, 5.41) is 11.0. The lowest BCUT2D eigenvalue weighted by Crippen LogP contribution is -1.91. The number of hydrogen-bond acceptors (Lipinski definition) is 0. The Kier molecular flexibility index (Phi) is 4.57. The van der Waals surface area contributed by atoms with Crippen molar-refractivity contribution >= 4 is 53.9 Å². The first kappa shape index (κ1) is 20.2. The van der Waals surface area contributed by atoms with Crippen LogP contribution in [0.5, 0.6) is 0 Å². The van der Waals surface area contributed by atoms with Crippen LogP contribution < -0.4 is 0 Å². The van der Waals surface area contributed by atoms with E-state index in [-0.39, 0.29) is 29.7 Å². The molecular weight excluding hydrogens is 528 g/mol. The van der Waals surface area contributed by atoms with Gasteiger partial charge in [0.25, 0.3) is 0 Å². The first-order chi connectivity index (χ1) is 23.9. The highest BCUT2D eigenvalue weighted by molar-refractivity contribution is 6.22. The molecule has 0 radical (unpaired) electrons. The fourth-order valence-electron chi connectivity index (χ4n) is 7.00. The van der Waals surface area contributed by atoms with Crippen LogP contribution >= 0.6 is 0 Å². The first-order valence-electron chi connectivity index (χ1n) is 17.4. The van der Waals surface area contributed by atoms with Gasteiger partial charge in [0.05, 0.1) is 6.85 Å². The summed E-state index contributed by atoms with van der Waals surface area (Å²) in [5.74, 6) is 0. The van der Waals surface area contributed by atoms with Crippen molar-refractivity contribution in [3.8, 4) is 33.4 Å². The van der Waals surface area contributed by atoms with Crippen LogP contribution in [-0.2, 0) is 0 Å². The normalized spacial score (nSPS) is 13.2. The van der Waals surface area contributed by atoms with Crippen molar-refractivity contribution in [1.82, 2.24) is 0 Å². The monoisotopic (exact) mass is 561 g/mol. The van der Waals surface area contributed by atoms with E-state index in [0.717, 1.165) is 38.2 Å². The van der Waals surface area contributed by atoms with Crippen LogP contribution in [0.4, 0.5) is 0 Å². The lowest BCUT2D eigenvalue weighted by atomic mass is 9.85. The fourth-order valence-corrected chi connectivity index (χ4v) is 7.00. The summed E-state index contributed by atoms with van der Waals surface area (Å²) in [6.07, 6.45) is 0. The number of hydrogen-bond donors (Lipinski definition) is 0. The number of benzene rings is 9. The Labute approximate surface area is 263 Å². The second-order valence-corrected chi connectivity index (χ2v) is 11.3. The molecule has 0 heteroatoms. The Morgan fingerprint density at radius 1 is 0.318 bits per heavy atom. The molecule has 0 heterocycles. The van der Waals surface area contributed by atoms with Crippen molar-refractivity contribution in [2.24, 2.45) is 0 Å². The van der Waals surface area contributed by atoms with Gasteiger partial charge < -0.3 is 0 Å². The molecule has 0 atom stereocenters. The fraction of sp³-hybridized carbons (Fsp3) is 0. The summed E-state index contributed by atoms with van der Waals surface area (Å²) in [6, 6.07) is 47.2. The largest absolute Gasteiger partial charge is 0.0629 e. The maximum Gasteiger partial charge on any atom is 0.0629 e. The van der Waals surface area contributed by atoms with Gasteiger partial charge in [0, 0.05) is 0 Å². The minimum atomic E-state index is -0.392. The SMILES string of the molecule is [2H]c1c([2H])c([2H])c(-c2c3ccccc3c(-c3ccc(-c4cc5c6ccccc6ccc5c5ccccc45)cc3)c3ccccc23)c([2H])c1[2H]. The van der Waals surface area contributed by atoms with E-state index in [1.165, 1.54) is 37.9 Å². The molecule has 0 spiro atoms. The predicted molar refractivity (Wildman–Crippen MR) is 190 cm³/mol. The average molecular weight is 562 g/mol. The summed E-state index contributed by atoms with van der Waals surface area (Å²) < 4.78 is 42.6. The second kappa shape index (κ2) is 9.93. The molecule has 0 unspecified atom stereocenters. The van der Waals surface area contributed by atoms with Crippen LogP contribution in [0.2, 0.25) is 0 Å². The molecule has 0 aliphatic carbocycles. The molecular formula is C44H28. The van der Waals surface area contributed by atoms with Gasteiger partial charge >= 0.3 is 0 Å². The molecule has 0 aliphatic rings. The van der Waals surface area contributed by atoms with E-state index >= 15 is 0 Å². The Morgan fingerprint density at radius 2 is 0.795 bits per heavy atom. The van der Waals surface area contributed by atoms with Gasteiger partial charge in [-0.15, -0.1) is 0 Å². The van der Waals surface area contributed by atoms with Crippen molar-refractivity contribution < 1.29 is 6.85 Å². The van der Waals surface area contributed by atoms with Crippen LogP contribution in [0.25, 0.3) is 87.2 Å². The Morgan fingerprint density at radius 3 is 1.43 bits per heavy atom. The quantitative estimate of drug-likeness (QED) is 0.149. The molecule has 0 amide bonds. The highest BCUT2D eigenvalue weighted by atomic mass is 14.2. The molecule has 0 aromatic heterocycles. The summed E-state index contributed by atoms with van der Waals surface area (Å²) in [4.78, 5) is 0. The van der Waals surface area contributed by atoms with Gasteiger partial charge in [0.1, 0.15) is 0 Å². The third kappa shape index (κ3) is 3.78. The molecule has 44 heavy (non-hydrogen) atoms. The Bertz CT molecular complexity index is 2730. The molecule has 0 aliphatic heterocycles. The van der Waals surface area contributed by atoms with Gasteiger partial charge in [-0.3, -0.25) is 0 Å². The van der Waals surface area contributed by atoms with Crippen LogP contribution in [0.15, 0.2) is 170 Å². The lowest BCUT2D eigenvalue weighted by molar-refractivity contribution is 1.64. The molecule has 0 nitrogen and oxygen atoms in total. The van der Waals surface area contributed by atoms with Gasteiger partial charge in [-0.25, -0.2) is 0 Å². The minimum absolute atomic E-state index is 0.200. The van der Waals surface area contributed by atoms with E-state index in [0.29, 0.717) is 5.56 Å². The van der Waals surface area contributed by atoms with Gasteiger partial charge in [0.15, 0.2) is 0 Å². The molecule has 0 fully saturated rings. The van der Waals surface area contributed by atoms with Crippen LogP contribution in [0, 0.1) is 0 Å². The molecule has 0 saturated carbocycles. The lowest BCUT2D eigenvalue weighted by Gasteiger charge is -2.18. The molecule has 0 N–H and O–H groups in total. The highest BCUT2D eigenvalue weighted by Gasteiger charge is 2.17. The van der Waals surface area contributed by atoms with Gasteiger partial charge in [0.2, 0.25) is 0 Å². The van der Waals surface area contributed by atoms with Crippen molar-refractivity contribution in [2.45, 2.75) is 0 Å². The molecule has 9 aromatic carbocycles. The van der Waals surface area contributed by atoms with Crippen LogP contribution in [-0.4, -0.2) is 0 Å². The first-order valence-corrected chi connectivity index (χ1v) is 14.9. The molecule has 0 saturated heterocycles. The third-order valence-electron chi connectivity index (χ3n) is 8.93. The molecule has 204 valence electrons. The summed E-state index contributed by atoms with van der Waals surface area (Å²) in [5.41, 5.74) is 5.26. The van der Waals surface area contributed by atoms with E-state index in [4.69, 9.17) is 6.85 Å². The standard InChI is InChI=1S/C44H28/c1-2-13-31(14-3-1)43-37-18-8-10-20-39(37)44(40-21-11-9-19-38(40)43)32-24-22-30(23-25-32)41-28-42-33-15-5-4-12-29(33)26-27-36(42)34-16-6-7-17-35(34)41/h1-28H/i1D,2D,3D,13D,14D. The van der Waals surface area contributed by atoms with Crippen LogP contribution in [0.3, 0.4) is 0 Å². The second-order valence-electron chi connectivity index (χ2n) is 11.3. The molecule has 0 bridgehead atoms. The number of fused-ring (bicyclic) bond motifs is 7. The zero-order chi connectivity index (χ0) is 33.4. The van der Waals surface area contributed by atoms with E-state index in [2.05, 4.69) is 103 Å². The van der Waals surface area contributed by atoms with Crippen molar-refractivity contribution in [3.63, 3.8) is 0 Å². The Balaban J connectivity index is 1.29. The van der Waals surface area contributed by atoms with E-state index in [1.807, 2.05) is 36.4 Å². The summed E-state index contributed by atoms with van der Waals surface area (Å²) in [6.45, 7) is 0. The van der Waals surface area contributed by atoms with Gasteiger partial charge in [-0.1, -0.05) is 164 Å². The molecule has 9 rings (SSSR count). The van der Waals surface area contributed by atoms with E-state index in [9.17, 15) is 0 Å². The van der Waals surface area contributed by atoms with Crippen LogP contribution in [0.1, 0.15) is 6.85 Å². The Hall–Kier alpha value is -5.72. The van der Waals surface area contributed by atoms with E-state index < -0.39 is 6.04 Å². The predicted octanol–water partition coefficient (Wildman–Crippen LogP) is 12.5. The van der Waals surface area contributed by atoms with Crippen molar-refractivity contribution in [3.05, 3.63) is 170 Å². The number of rotatable bonds is 3. The van der Waals surface area contributed by atoms with E-state index in [1.54, 1.807) is 0 Å². The topological polar surface area (TPSA) is 0 Å². The third-order valence-corrected chi connectivity index (χ3v) is 8.93.